The Bertz CT molecular complexity index is 806. The molecule has 1 N–H and O–H groups in total. The molecule has 1 aliphatic heterocycles. The summed E-state index contributed by atoms with van der Waals surface area (Å²) < 4.78 is 6.05. The van der Waals surface area contributed by atoms with Crippen LogP contribution in [0.1, 0.15) is 42.8 Å². The first-order valence-electron chi connectivity index (χ1n) is 9.29. The first-order valence-corrected chi connectivity index (χ1v) is 9.29. The van der Waals surface area contributed by atoms with Crippen LogP contribution in [0.5, 0.6) is 0 Å². The van der Waals surface area contributed by atoms with E-state index in [4.69, 9.17) is 4.74 Å². The molecular formula is C22H26N2O3. The highest BCUT2D eigenvalue weighted by Crippen LogP contribution is 2.30. The van der Waals surface area contributed by atoms with E-state index in [9.17, 15) is 9.59 Å². The second-order valence-corrected chi connectivity index (χ2v) is 7.11. The second-order valence-electron chi connectivity index (χ2n) is 7.11. The van der Waals surface area contributed by atoms with Gasteiger partial charge in [-0.3, -0.25) is 14.5 Å². The summed E-state index contributed by atoms with van der Waals surface area (Å²) in [6.07, 6.45) is -0.0590. The zero-order valence-electron chi connectivity index (χ0n) is 16.0. The van der Waals surface area contributed by atoms with Crippen molar-refractivity contribution in [2.45, 2.75) is 39.0 Å². The van der Waals surface area contributed by atoms with Crippen molar-refractivity contribution in [3.05, 3.63) is 65.7 Å². The topological polar surface area (TPSA) is 58.6 Å². The quantitative estimate of drug-likeness (QED) is 0.820. The molecule has 5 nitrogen and oxygen atoms in total. The number of rotatable bonds is 5. The smallest absolute Gasteiger partial charge is 0.238 e. The first-order chi connectivity index (χ1) is 13.0. The molecule has 2 aromatic carbocycles. The molecule has 2 aromatic rings. The number of carbonyl (C=O) groups excluding carboxylic acids is 2. The van der Waals surface area contributed by atoms with E-state index in [1.165, 1.54) is 6.92 Å². The van der Waals surface area contributed by atoms with Crippen molar-refractivity contribution in [3.63, 3.8) is 0 Å². The Morgan fingerprint density at radius 3 is 2.56 bits per heavy atom. The molecule has 0 aromatic heterocycles. The summed E-state index contributed by atoms with van der Waals surface area (Å²) in [6, 6.07) is 17.4. The minimum atomic E-state index is -0.0943. The van der Waals surface area contributed by atoms with Crippen LogP contribution < -0.4 is 5.32 Å². The Hall–Kier alpha value is -2.50. The molecule has 0 bridgehead atoms. The van der Waals surface area contributed by atoms with E-state index in [2.05, 4.69) is 36.2 Å². The Morgan fingerprint density at radius 1 is 1.11 bits per heavy atom. The Morgan fingerprint density at radius 2 is 1.85 bits per heavy atom. The highest BCUT2D eigenvalue weighted by atomic mass is 16.5. The maximum Gasteiger partial charge on any atom is 0.238 e. The maximum absolute atomic E-state index is 12.6. The van der Waals surface area contributed by atoms with E-state index in [0.717, 1.165) is 5.56 Å². The van der Waals surface area contributed by atoms with E-state index >= 15 is 0 Å². The van der Waals surface area contributed by atoms with Crippen LogP contribution in [0.3, 0.4) is 0 Å². The Kier molecular flexibility index (Phi) is 6.04. The molecule has 5 heteroatoms. The number of hydrogen-bond acceptors (Lipinski definition) is 4. The lowest BCUT2D eigenvalue weighted by atomic mass is 9.98. The number of nitrogens with zero attached hydrogens (tertiary/aromatic N) is 1. The number of carbonyl (C=O) groups is 2. The first kappa shape index (κ1) is 19.3. The number of anilines is 1. The van der Waals surface area contributed by atoms with Gasteiger partial charge in [0.2, 0.25) is 5.91 Å². The normalized spacial score (nSPS) is 23.0. The van der Waals surface area contributed by atoms with Gasteiger partial charge in [0.05, 0.1) is 19.3 Å². The lowest BCUT2D eigenvalue weighted by molar-refractivity contribution is -0.127. The summed E-state index contributed by atoms with van der Waals surface area (Å²) in [5.74, 6) is -0.115. The highest BCUT2D eigenvalue weighted by molar-refractivity contribution is 5.97. The van der Waals surface area contributed by atoms with Crippen LogP contribution in [-0.4, -0.2) is 41.8 Å². The second kappa shape index (κ2) is 8.46. The third-order valence-corrected chi connectivity index (χ3v) is 5.05. The summed E-state index contributed by atoms with van der Waals surface area (Å²) in [4.78, 5) is 26.3. The van der Waals surface area contributed by atoms with Gasteiger partial charge in [0.25, 0.3) is 0 Å². The SMILES string of the molecule is CC(=O)c1cccc(NC(=O)CN2C(C)COC(c3ccccc3)C2C)c1. The van der Waals surface area contributed by atoms with Crippen LogP contribution >= 0.6 is 0 Å². The minimum Gasteiger partial charge on any atom is -0.370 e. The molecule has 1 fully saturated rings. The van der Waals surface area contributed by atoms with Crippen molar-refractivity contribution >= 4 is 17.4 Å². The summed E-state index contributed by atoms with van der Waals surface area (Å²) in [6.45, 7) is 6.54. The van der Waals surface area contributed by atoms with Gasteiger partial charge in [0.1, 0.15) is 0 Å². The molecule has 1 heterocycles. The fourth-order valence-corrected chi connectivity index (χ4v) is 3.55. The number of nitrogens with one attached hydrogen (secondary N) is 1. The molecule has 3 unspecified atom stereocenters. The third kappa shape index (κ3) is 4.62. The number of ether oxygens (including phenoxy) is 1. The molecule has 1 aliphatic rings. The standard InChI is InChI=1S/C22H26N2O3/c1-15-14-27-22(18-8-5-4-6-9-18)16(2)24(15)13-21(26)23-20-11-7-10-19(12-20)17(3)25/h4-12,15-16,22H,13-14H2,1-3H3,(H,23,26). The molecule has 1 saturated heterocycles. The van der Waals surface area contributed by atoms with Gasteiger partial charge < -0.3 is 10.1 Å². The van der Waals surface area contributed by atoms with Crippen molar-refractivity contribution in [2.24, 2.45) is 0 Å². The van der Waals surface area contributed by atoms with Crippen molar-refractivity contribution < 1.29 is 14.3 Å². The van der Waals surface area contributed by atoms with Crippen molar-refractivity contribution in [3.8, 4) is 0 Å². The summed E-state index contributed by atoms with van der Waals surface area (Å²) in [5.41, 5.74) is 2.35. The van der Waals surface area contributed by atoms with Gasteiger partial charge in [0.15, 0.2) is 5.78 Å². The molecule has 27 heavy (non-hydrogen) atoms. The Labute approximate surface area is 160 Å². The van der Waals surface area contributed by atoms with Crippen LogP contribution in [0.4, 0.5) is 5.69 Å². The highest BCUT2D eigenvalue weighted by Gasteiger charge is 2.35. The molecular weight excluding hydrogens is 340 g/mol. The summed E-state index contributed by atoms with van der Waals surface area (Å²) in [7, 11) is 0. The minimum absolute atomic E-state index is 0.0211. The van der Waals surface area contributed by atoms with Gasteiger partial charge >= 0.3 is 0 Å². The van der Waals surface area contributed by atoms with E-state index in [1.807, 2.05) is 18.2 Å². The van der Waals surface area contributed by atoms with Gasteiger partial charge in [-0.25, -0.2) is 0 Å². The average molecular weight is 366 g/mol. The van der Waals surface area contributed by atoms with Crippen molar-refractivity contribution in [1.82, 2.24) is 4.90 Å². The van der Waals surface area contributed by atoms with E-state index in [0.29, 0.717) is 17.9 Å². The Balaban J connectivity index is 1.68. The van der Waals surface area contributed by atoms with Crippen LogP contribution in [-0.2, 0) is 9.53 Å². The molecule has 1 amide bonds. The predicted molar refractivity (Wildman–Crippen MR) is 106 cm³/mol. The number of Topliss-reactive ketones (excluding diaryl/α,β-unsaturated/α-hetero) is 1. The van der Waals surface area contributed by atoms with Gasteiger partial charge in [-0.2, -0.15) is 0 Å². The van der Waals surface area contributed by atoms with Crippen LogP contribution in [0, 0.1) is 0 Å². The molecule has 0 saturated carbocycles. The zero-order chi connectivity index (χ0) is 19.4. The number of morpholine rings is 1. The third-order valence-electron chi connectivity index (χ3n) is 5.05. The van der Waals surface area contributed by atoms with E-state index < -0.39 is 0 Å². The molecule has 3 atom stereocenters. The average Bonchev–Trinajstić information content (AvgIpc) is 2.66. The van der Waals surface area contributed by atoms with E-state index in [-0.39, 0.29) is 36.4 Å². The van der Waals surface area contributed by atoms with Gasteiger partial charge in [-0.1, -0.05) is 42.5 Å². The monoisotopic (exact) mass is 366 g/mol. The number of benzene rings is 2. The summed E-state index contributed by atoms with van der Waals surface area (Å²) >= 11 is 0. The zero-order valence-corrected chi connectivity index (χ0v) is 16.0. The fraction of sp³-hybridized carbons (Fsp3) is 0.364. The van der Waals surface area contributed by atoms with Crippen LogP contribution in [0.25, 0.3) is 0 Å². The molecule has 0 spiro atoms. The number of ketones is 1. The molecule has 3 rings (SSSR count). The van der Waals surface area contributed by atoms with Crippen molar-refractivity contribution in [1.29, 1.82) is 0 Å². The summed E-state index contributed by atoms with van der Waals surface area (Å²) in [5, 5.41) is 2.91. The van der Waals surface area contributed by atoms with Crippen molar-refractivity contribution in [2.75, 3.05) is 18.5 Å². The van der Waals surface area contributed by atoms with Crippen LogP contribution in [0.2, 0.25) is 0 Å². The lowest BCUT2D eigenvalue weighted by Gasteiger charge is -2.43. The number of hydrogen-bond donors (Lipinski definition) is 1. The van der Waals surface area contributed by atoms with Gasteiger partial charge in [-0.05, 0) is 38.5 Å². The fourth-order valence-electron chi connectivity index (χ4n) is 3.55. The van der Waals surface area contributed by atoms with Crippen LogP contribution in [0.15, 0.2) is 54.6 Å². The molecule has 142 valence electrons. The lowest BCUT2D eigenvalue weighted by Crippen LogP contribution is -2.53. The van der Waals surface area contributed by atoms with Gasteiger partial charge in [-0.15, -0.1) is 0 Å². The number of amides is 1. The van der Waals surface area contributed by atoms with Gasteiger partial charge in [0, 0.05) is 23.3 Å². The largest absolute Gasteiger partial charge is 0.370 e. The predicted octanol–water partition coefficient (Wildman–Crippen LogP) is 3.68. The molecule has 0 radical (unpaired) electrons. The van der Waals surface area contributed by atoms with E-state index in [1.54, 1.807) is 24.3 Å². The molecule has 0 aliphatic carbocycles. The maximum atomic E-state index is 12.6.